The van der Waals surface area contributed by atoms with E-state index in [-0.39, 0.29) is 35.6 Å². The zero-order valence-electron chi connectivity index (χ0n) is 23.9. The van der Waals surface area contributed by atoms with E-state index in [1.807, 2.05) is 6.55 Å². The Kier molecular flexibility index (Phi) is 10.4. The number of fused-ring (bicyclic) bond motifs is 3. The molecule has 0 atom stereocenters. The molecule has 0 unspecified atom stereocenters. The first-order chi connectivity index (χ1) is 15.8. The third-order valence-corrected chi connectivity index (χ3v) is 31.9. The molecule has 0 nitrogen and oxygen atoms in total. The second-order valence-electron chi connectivity index (χ2n) is 13.1. The van der Waals surface area contributed by atoms with Gasteiger partial charge < -0.3 is 24.8 Å². The van der Waals surface area contributed by atoms with Gasteiger partial charge in [0.05, 0.1) is 0 Å². The predicted molar refractivity (Wildman–Crippen MR) is 150 cm³/mol. The molecule has 0 N–H and O–H groups in total. The summed E-state index contributed by atoms with van der Waals surface area (Å²) in [4.78, 5) is 0. The van der Waals surface area contributed by atoms with E-state index in [1.165, 1.54) is 23.1 Å². The normalized spacial score (nSPS) is 14.0. The van der Waals surface area contributed by atoms with E-state index in [4.69, 9.17) is 0 Å². The minimum Gasteiger partial charge on any atom is -1.00 e. The molecule has 36 heavy (non-hydrogen) atoms. The molecule has 0 spiro atoms. The molecule has 0 amide bonds. The maximum Gasteiger partial charge on any atom is -1.00 e. The van der Waals surface area contributed by atoms with E-state index in [1.54, 1.807) is 16.7 Å². The number of halogens is 2. The molecular weight excluding hydrogens is 575 g/mol. The number of hydrogen-bond donors (Lipinski definition) is 0. The van der Waals surface area contributed by atoms with Crippen molar-refractivity contribution in [2.75, 3.05) is 0 Å². The van der Waals surface area contributed by atoms with Gasteiger partial charge in [-0.3, -0.25) is 0 Å². The van der Waals surface area contributed by atoms with Gasteiger partial charge in [0.1, 0.15) is 0 Å². The van der Waals surface area contributed by atoms with Gasteiger partial charge in [-0.25, -0.2) is 0 Å². The standard InChI is InChI=1S/C21H25.C6H14Si.C5H5.2ClH.Zr/c1-20(2,3)16-9-7-14-11-15-8-10-17(21(4,5)6)13-19(15)18(14)12-16;1-5(2)7-6(3)4;1-2-4-5-3-1;;;/h7,9-10,12-13H,11H2,1-6H3;5-6H,1-4H3;1-3H,4H2;2*1H;/q;;;;;+2/p-2. The van der Waals surface area contributed by atoms with Crippen LogP contribution in [0.5, 0.6) is 0 Å². The van der Waals surface area contributed by atoms with Crippen LogP contribution in [-0.2, 0) is 37.6 Å². The molecule has 0 saturated carbocycles. The fourth-order valence-electron chi connectivity index (χ4n) is 5.79. The molecule has 0 saturated heterocycles. The van der Waals surface area contributed by atoms with Crippen molar-refractivity contribution in [2.45, 2.75) is 104 Å². The minimum atomic E-state index is -2.08. The van der Waals surface area contributed by atoms with Crippen molar-refractivity contribution in [1.29, 1.82) is 0 Å². The molecule has 0 fully saturated rings. The van der Waals surface area contributed by atoms with Crippen molar-refractivity contribution in [2.24, 2.45) is 0 Å². The Morgan fingerprint density at radius 2 is 1.36 bits per heavy atom. The van der Waals surface area contributed by atoms with E-state index in [0.717, 1.165) is 17.5 Å². The summed E-state index contributed by atoms with van der Waals surface area (Å²) < 4.78 is 3.68. The third kappa shape index (κ3) is 6.25. The number of allylic oxidation sites excluding steroid dienone is 4. The Hall–Kier alpha value is -0.400. The van der Waals surface area contributed by atoms with Crippen LogP contribution in [0.1, 0.15) is 97.9 Å². The van der Waals surface area contributed by atoms with Crippen LogP contribution >= 0.6 is 0 Å². The first-order valence-corrected chi connectivity index (χ1v) is 21.0. The monoisotopic (exact) mass is 616 g/mol. The van der Waals surface area contributed by atoms with Crippen LogP contribution in [0.4, 0.5) is 0 Å². The summed E-state index contributed by atoms with van der Waals surface area (Å²) in [6.45, 7) is 24.3. The van der Waals surface area contributed by atoms with Gasteiger partial charge in [-0.05, 0) is 0 Å². The molecule has 0 bridgehead atoms. The van der Waals surface area contributed by atoms with Crippen molar-refractivity contribution in [3.8, 4) is 11.1 Å². The maximum atomic E-state index is 2.71. The van der Waals surface area contributed by atoms with Crippen molar-refractivity contribution < 1.29 is 45.2 Å². The van der Waals surface area contributed by atoms with E-state index in [2.05, 4.69) is 118 Å². The van der Waals surface area contributed by atoms with Crippen molar-refractivity contribution in [1.82, 2.24) is 0 Å². The molecule has 2 aromatic rings. The summed E-state index contributed by atoms with van der Waals surface area (Å²) in [6.07, 6.45) is 9.62. The Morgan fingerprint density at radius 3 is 1.86 bits per heavy atom. The summed E-state index contributed by atoms with van der Waals surface area (Å²) in [5.74, 6) is 0. The summed E-state index contributed by atoms with van der Waals surface area (Å²) >= 11 is -2.08. The Balaban J connectivity index is 0.00000228. The van der Waals surface area contributed by atoms with Gasteiger partial charge in [0.2, 0.25) is 0 Å². The quantitative estimate of drug-likeness (QED) is 0.395. The summed E-state index contributed by atoms with van der Waals surface area (Å²) in [6, 6.07) is 12.6. The molecule has 194 valence electrons. The van der Waals surface area contributed by atoms with Crippen molar-refractivity contribution in [3.63, 3.8) is 0 Å². The molecular formula is C32H44Cl2SiZr. The molecule has 2 aliphatic rings. The van der Waals surface area contributed by atoms with Crippen molar-refractivity contribution in [3.05, 3.63) is 74.1 Å². The van der Waals surface area contributed by atoms with Gasteiger partial charge in [0.15, 0.2) is 0 Å². The van der Waals surface area contributed by atoms with Gasteiger partial charge in [0.25, 0.3) is 0 Å². The predicted octanol–water partition coefficient (Wildman–Crippen LogP) is 2.76. The number of rotatable bonds is 4. The molecule has 4 heteroatoms. The Bertz CT molecular complexity index is 1210. The topological polar surface area (TPSA) is 0 Å². The third-order valence-electron chi connectivity index (χ3n) is 7.64. The van der Waals surface area contributed by atoms with Gasteiger partial charge in [-0.1, -0.05) is 0 Å². The minimum absolute atomic E-state index is 0. The molecule has 0 heterocycles. The van der Waals surface area contributed by atoms with Crippen LogP contribution in [0.3, 0.4) is 0 Å². The van der Waals surface area contributed by atoms with E-state index < -0.39 is 25.8 Å². The summed E-state index contributed by atoms with van der Waals surface area (Å²) in [5, 5.41) is 0. The second-order valence-corrected chi connectivity index (χ2v) is 28.2. The largest absolute Gasteiger partial charge is 1.00 e. The summed E-state index contributed by atoms with van der Waals surface area (Å²) in [5.41, 5.74) is 10.8. The van der Waals surface area contributed by atoms with Crippen LogP contribution in [0.15, 0.2) is 51.8 Å². The smallest absolute Gasteiger partial charge is 1.00 e. The SMILES string of the molecule is CC(C)[Si](C(C)C)=[Zr+2]([C]1=CC=CC1)[c]1cc(C(C)(C)C)cc2c1Cc1ccc(C(C)(C)C)cc1-2.[Cl-].[Cl-]. The Morgan fingerprint density at radius 1 is 0.778 bits per heavy atom. The Labute approximate surface area is 241 Å². The van der Waals surface area contributed by atoms with E-state index >= 15 is 0 Å². The molecule has 2 aromatic carbocycles. The molecule has 0 aromatic heterocycles. The van der Waals surface area contributed by atoms with E-state index in [9.17, 15) is 0 Å². The van der Waals surface area contributed by atoms with Crippen LogP contribution in [0.25, 0.3) is 11.1 Å². The molecule has 0 radical (unpaired) electrons. The van der Waals surface area contributed by atoms with E-state index in [0.29, 0.717) is 0 Å². The van der Waals surface area contributed by atoms with Crippen molar-refractivity contribution >= 4 is 8.70 Å². The fourth-order valence-corrected chi connectivity index (χ4v) is 29.2. The fraction of sp³-hybridized carbons (Fsp3) is 0.500. The zero-order valence-corrected chi connectivity index (χ0v) is 28.9. The zero-order chi connectivity index (χ0) is 25.0. The summed E-state index contributed by atoms with van der Waals surface area (Å²) in [7, 11) is 0. The first-order valence-electron chi connectivity index (χ1n) is 13.2. The van der Waals surface area contributed by atoms with Gasteiger partial charge in [-0.15, -0.1) is 0 Å². The molecule has 0 aliphatic heterocycles. The first kappa shape index (κ1) is 31.8. The van der Waals surface area contributed by atoms with Crippen LogP contribution in [0.2, 0.25) is 11.1 Å². The number of benzene rings is 2. The second kappa shape index (κ2) is 11.8. The van der Waals surface area contributed by atoms with Crippen LogP contribution in [-0.4, -0.2) is 5.43 Å². The average Bonchev–Trinajstić information content (AvgIpc) is 3.36. The number of hydrogen-bond acceptors (Lipinski definition) is 0. The molecule has 2 aliphatic carbocycles. The maximum absolute atomic E-state index is 2.71. The van der Waals surface area contributed by atoms with Crippen LogP contribution < -0.4 is 28.1 Å². The average molecular weight is 619 g/mol. The van der Waals surface area contributed by atoms with Crippen LogP contribution in [0, 0.1) is 0 Å². The van der Waals surface area contributed by atoms with Gasteiger partial charge >= 0.3 is 218 Å². The van der Waals surface area contributed by atoms with Gasteiger partial charge in [-0.2, -0.15) is 0 Å². The van der Waals surface area contributed by atoms with Gasteiger partial charge in [0, 0.05) is 0 Å². The molecule has 4 rings (SSSR count).